The summed E-state index contributed by atoms with van der Waals surface area (Å²) in [5, 5.41) is 32.3. The lowest BCUT2D eigenvalue weighted by atomic mass is 10.1. The smallest absolute Gasteiger partial charge is 0.389 e. The molecule has 2 fully saturated rings. The number of aliphatic hydroxyl groups excluding tert-OH is 2. The molecular weight excluding hydrogens is 803 g/mol. The van der Waals surface area contributed by atoms with Crippen LogP contribution in [0.3, 0.4) is 0 Å². The number of benzene rings is 2. The molecule has 2 aliphatic rings. The highest BCUT2D eigenvalue weighted by atomic mass is 16.3. The van der Waals surface area contributed by atoms with Gasteiger partial charge in [0.25, 0.3) is 23.4 Å². The van der Waals surface area contributed by atoms with E-state index in [2.05, 4.69) is 20.7 Å². The Balaban J connectivity index is 0.936. The Morgan fingerprint density at radius 2 is 1.24 bits per heavy atom. The Bertz CT molecular complexity index is 2980. The second-order valence-corrected chi connectivity index (χ2v) is 15.7. The highest BCUT2D eigenvalue weighted by molar-refractivity contribution is 5.96. The van der Waals surface area contributed by atoms with Gasteiger partial charge in [0.1, 0.15) is 5.82 Å². The molecule has 19 nitrogen and oxygen atoms in total. The van der Waals surface area contributed by atoms with Crippen molar-refractivity contribution in [3.63, 3.8) is 0 Å². The number of carbonyl (C=O) groups is 2. The average Bonchev–Trinajstić information content (AvgIpc) is 3.87. The van der Waals surface area contributed by atoms with Crippen molar-refractivity contribution in [2.24, 2.45) is 0 Å². The van der Waals surface area contributed by atoms with Gasteiger partial charge in [-0.25, -0.2) is 24.8 Å². The number of rotatable bonds is 11. The Kier molecular flexibility index (Phi) is 9.80. The summed E-state index contributed by atoms with van der Waals surface area (Å²) < 4.78 is 3.58. The third-order valence-corrected chi connectivity index (χ3v) is 11.0. The lowest BCUT2D eigenvalue weighted by Gasteiger charge is -2.35. The number of likely N-dealkylation sites (tertiary alicyclic amines) is 2. The Morgan fingerprint density at radius 3 is 1.81 bits per heavy atom. The monoisotopic (exact) mass is 844 g/mol. The van der Waals surface area contributed by atoms with E-state index >= 15 is 0 Å². The maximum atomic E-state index is 12.9. The number of anilines is 6. The fourth-order valence-corrected chi connectivity index (χ4v) is 7.56. The Hall–Kier alpha value is -8.03. The summed E-state index contributed by atoms with van der Waals surface area (Å²) in [6, 6.07) is 25.9. The van der Waals surface area contributed by atoms with E-state index in [1.165, 1.54) is 0 Å². The number of aliphatic hydroxyl groups is 2. The van der Waals surface area contributed by atoms with E-state index in [4.69, 9.17) is 19.9 Å². The van der Waals surface area contributed by atoms with E-state index in [9.17, 15) is 19.8 Å². The molecular formula is C44H42N15O4+. The summed E-state index contributed by atoms with van der Waals surface area (Å²) >= 11 is 0. The number of nitrogens with zero attached hydrogens (tertiary/aromatic N) is 13. The fraction of sp³-hybridized carbons (Fsp3) is 0.205. The molecule has 10 rings (SSSR count). The van der Waals surface area contributed by atoms with Gasteiger partial charge in [-0.05, 0) is 94.7 Å². The molecule has 0 spiro atoms. The molecule has 8 heterocycles. The van der Waals surface area contributed by atoms with Gasteiger partial charge in [-0.15, -0.1) is 5.10 Å². The highest BCUT2D eigenvalue weighted by Gasteiger charge is 2.31. The van der Waals surface area contributed by atoms with Crippen LogP contribution in [0.1, 0.15) is 20.7 Å². The number of aromatic nitrogens is 9. The van der Waals surface area contributed by atoms with Crippen LogP contribution in [0.15, 0.2) is 116 Å². The van der Waals surface area contributed by atoms with Gasteiger partial charge < -0.3 is 30.2 Å². The maximum Gasteiger partial charge on any atom is 0.440 e. The Morgan fingerprint density at radius 1 is 0.667 bits per heavy atom. The van der Waals surface area contributed by atoms with Crippen LogP contribution in [0, 0.1) is 0 Å². The lowest BCUT2D eigenvalue weighted by molar-refractivity contribution is -0.734. The standard InChI is InChI=1S/C44H41N15O4/c1-53(2)37-17-12-29(20-45-37)35-7-5-19-58-39(35)51-44(49-32-15-10-28(11-16-32)41(63)56-25-34(61)26-56)59(58)54(3)43-46-21-30(22-47-43)36-6-4-18-57-38(36)50-42(52-57)48-31-13-8-27(9-14-31)40(62)55-23-33(60)24-55/h4-22,33-34,60-61H,23-26H2,1-3H3,(H,48,52,62)/p+1. The van der Waals surface area contributed by atoms with Crippen molar-refractivity contribution in [1.29, 1.82) is 0 Å². The minimum atomic E-state index is -0.479. The van der Waals surface area contributed by atoms with E-state index in [1.54, 1.807) is 68.1 Å². The topological polar surface area (TPSA) is 202 Å². The third-order valence-electron chi connectivity index (χ3n) is 11.0. The molecule has 8 aromatic rings. The zero-order valence-electron chi connectivity index (χ0n) is 34.5. The number of pyridine rings is 3. The molecule has 4 N–H and O–H groups in total. The predicted molar refractivity (Wildman–Crippen MR) is 234 cm³/mol. The summed E-state index contributed by atoms with van der Waals surface area (Å²) in [5.74, 6) is 1.77. The van der Waals surface area contributed by atoms with Crippen LogP contribution in [-0.2, 0) is 0 Å². The molecule has 19 heteroatoms. The van der Waals surface area contributed by atoms with Crippen molar-refractivity contribution in [2.75, 3.05) is 67.9 Å². The number of β-amino-alcohol motifs (C(OH)–C–C–N with tert-alkyl or cyclic N) is 2. The number of hydrogen-bond donors (Lipinski definition) is 4. The lowest BCUT2D eigenvalue weighted by Crippen LogP contribution is -2.57. The van der Waals surface area contributed by atoms with E-state index in [0.29, 0.717) is 77.8 Å². The van der Waals surface area contributed by atoms with Gasteiger partial charge in [-0.2, -0.15) is 14.5 Å². The molecule has 2 saturated heterocycles. The zero-order valence-corrected chi connectivity index (χ0v) is 34.5. The molecule has 0 bridgehead atoms. The van der Waals surface area contributed by atoms with Gasteiger partial charge in [-0.3, -0.25) is 9.59 Å². The van der Waals surface area contributed by atoms with E-state index in [-0.39, 0.29) is 11.8 Å². The number of amides is 2. The van der Waals surface area contributed by atoms with Crippen molar-refractivity contribution in [3.05, 3.63) is 127 Å². The van der Waals surface area contributed by atoms with E-state index < -0.39 is 12.2 Å². The van der Waals surface area contributed by atoms with Gasteiger partial charge in [0.05, 0.1) is 17.9 Å². The second kappa shape index (κ2) is 15.8. The number of nitrogens with one attached hydrogen (secondary N) is 2. The summed E-state index contributed by atoms with van der Waals surface area (Å²) in [5.41, 5.74) is 6.92. The number of hydrogen-bond acceptors (Lipinski definition) is 14. The van der Waals surface area contributed by atoms with Crippen LogP contribution in [0.25, 0.3) is 33.5 Å². The van der Waals surface area contributed by atoms with Gasteiger partial charge in [0, 0.05) is 117 Å². The van der Waals surface area contributed by atoms with Crippen LogP contribution in [-0.4, -0.2) is 130 Å². The molecule has 2 amide bonds. The summed E-state index contributed by atoms with van der Waals surface area (Å²) in [7, 11) is 5.73. The quantitative estimate of drug-likeness (QED) is 0.138. The molecule has 0 saturated carbocycles. The van der Waals surface area contributed by atoms with E-state index in [0.717, 1.165) is 28.1 Å². The predicted octanol–water partition coefficient (Wildman–Crippen LogP) is 3.27. The summed E-state index contributed by atoms with van der Waals surface area (Å²) in [6.07, 6.45) is 8.06. The molecule has 0 aliphatic carbocycles. The van der Waals surface area contributed by atoms with Crippen LogP contribution in [0.4, 0.5) is 35.0 Å². The first-order chi connectivity index (χ1) is 30.6. The molecule has 2 aromatic carbocycles. The normalized spacial score (nSPS) is 14.1. The third kappa shape index (κ3) is 7.44. The molecule has 316 valence electrons. The van der Waals surface area contributed by atoms with Gasteiger partial charge in [0.2, 0.25) is 5.95 Å². The van der Waals surface area contributed by atoms with Crippen LogP contribution >= 0.6 is 0 Å². The van der Waals surface area contributed by atoms with Crippen molar-refractivity contribution in [2.45, 2.75) is 12.2 Å². The van der Waals surface area contributed by atoms with Gasteiger partial charge in [-0.1, -0.05) is 0 Å². The Labute approximate surface area is 360 Å². The maximum absolute atomic E-state index is 12.9. The van der Waals surface area contributed by atoms with Crippen molar-refractivity contribution in [3.8, 4) is 22.3 Å². The van der Waals surface area contributed by atoms with Crippen molar-refractivity contribution < 1.29 is 24.6 Å². The first kappa shape index (κ1) is 39.1. The van der Waals surface area contributed by atoms with Crippen LogP contribution in [0.2, 0.25) is 0 Å². The SMILES string of the molecule is CN(C)c1ccc(-c2cccn3c2nc(Nc2ccc(C(=O)N4CC(O)C4)cc2)[n+]3N(C)c2ncc(-c3cccn4nc(Nc5ccc(C(=O)N6CC(O)C6)cc5)nc34)cn2)cn1. The van der Waals surface area contributed by atoms with Crippen molar-refractivity contribution >= 4 is 58.1 Å². The second-order valence-electron chi connectivity index (χ2n) is 15.7. The number of fused-ring (bicyclic) bond motifs is 2. The highest BCUT2D eigenvalue weighted by Crippen LogP contribution is 2.28. The largest absolute Gasteiger partial charge is 0.440 e. The molecule has 0 atom stereocenters. The minimum absolute atomic E-state index is 0.119. The first-order valence-electron chi connectivity index (χ1n) is 20.2. The number of carbonyl (C=O) groups excluding carboxylic acids is 2. The van der Waals surface area contributed by atoms with Gasteiger partial charge in [0.15, 0.2) is 5.65 Å². The van der Waals surface area contributed by atoms with Crippen LogP contribution in [0.5, 0.6) is 0 Å². The molecule has 2 aliphatic heterocycles. The molecule has 0 unspecified atom stereocenters. The van der Waals surface area contributed by atoms with E-state index in [1.807, 2.05) is 102 Å². The molecule has 63 heavy (non-hydrogen) atoms. The first-order valence-corrected chi connectivity index (χ1v) is 20.2. The summed E-state index contributed by atoms with van der Waals surface area (Å²) in [4.78, 5) is 56.7. The average molecular weight is 845 g/mol. The fourth-order valence-electron chi connectivity index (χ4n) is 7.56. The minimum Gasteiger partial charge on any atom is -0.389 e. The molecule has 0 radical (unpaired) electrons. The van der Waals surface area contributed by atoms with Crippen molar-refractivity contribution in [1.82, 2.24) is 48.8 Å². The molecule has 6 aromatic heterocycles. The zero-order chi connectivity index (χ0) is 43.4. The van der Waals surface area contributed by atoms with Crippen LogP contribution < -0.4 is 25.3 Å². The van der Waals surface area contributed by atoms with Gasteiger partial charge >= 0.3 is 5.95 Å². The summed E-state index contributed by atoms with van der Waals surface area (Å²) in [6.45, 7) is 1.35.